The molecule has 2 rings (SSSR count). The summed E-state index contributed by atoms with van der Waals surface area (Å²) in [5.74, 6) is 0.239. The standard InChI is InChI=1S/C26H36F5NO2Si/c1-24(2,3)13-11-20(12-16-35(4,5)6)32-15-14-25(27,28)21(17-22(33)34)23(32)18-7-9-19(10-8-18)26(29,30)31/h7-10,20-21,23H,12,14-17H2,1-6H3,(H,33,34). The van der Waals surface area contributed by atoms with E-state index in [-0.39, 0.29) is 17.5 Å². The van der Waals surface area contributed by atoms with Crippen LogP contribution < -0.4 is 0 Å². The van der Waals surface area contributed by atoms with Gasteiger partial charge >= 0.3 is 12.1 Å². The summed E-state index contributed by atoms with van der Waals surface area (Å²) in [5, 5.41) is 9.44. The molecule has 3 unspecified atom stereocenters. The number of benzene rings is 1. The number of piperidine rings is 1. The van der Waals surface area contributed by atoms with E-state index < -0.39 is 62.5 Å². The van der Waals surface area contributed by atoms with Crippen LogP contribution in [0.15, 0.2) is 24.3 Å². The number of carboxylic acids is 1. The number of likely N-dealkylation sites (tertiary alicyclic amines) is 1. The maximum atomic E-state index is 15.1. The summed E-state index contributed by atoms with van der Waals surface area (Å²) >= 11 is 0. The van der Waals surface area contributed by atoms with Crippen LogP contribution in [0.4, 0.5) is 22.0 Å². The molecular weight excluding hydrogens is 481 g/mol. The molecular formula is C26H36F5NO2Si. The van der Waals surface area contributed by atoms with Crippen molar-refractivity contribution in [3.8, 4) is 11.8 Å². The topological polar surface area (TPSA) is 40.5 Å². The minimum atomic E-state index is -4.56. The Bertz CT molecular complexity index is 936. The van der Waals surface area contributed by atoms with E-state index in [0.29, 0.717) is 6.42 Å². The molecule has 1 aliphatic heterocycles. The molecule has 0 amide bonds. The Labute approximate surface area is 206 Å². The van der Waals surface area contributed by atoms with Crippen molar-refractivity contribution >= 4 is 14.0 Å². The van der Waals surface area contributed by atoms with Crippen LogP contribution in [0.2, 0.25) is 25.7 Å². The minimum absolute atomic E-state index is 0.0238. The summed E-state index contributed by atoms with van der Waals surface area (Å²) in [6, 6.07) is 3.53. The first kappa shape index (κ1) is 29.3. The van der Waals surface area contributed by atoms with Crippen molar-refractivity contribution < 1.29 is 31.9 Å². The van der Waals surface area contributed by atoms with Gasteiger partial charge in [0.25, 0.3) is 5.92 Å². The van der Waals surface area contributed by atoms with E-state index >= 15 is 8.78 Å². The number of hydrogen-bond donors (Lipinski definition) is 1. The van der Waals surface area contributed by atoms with Gasteiger partial charge in [-0.2, -0.15) is 13.2 Å². The van der Waals surface area contributed by atoms with Crippen LogP contribution in [0.25, 0.3) is 0 Å². The molecule has 9 heteroatoms. The SMILES string of the molecule is CC(C)(C)C#CC(CC[Si](C)(C)C)N1CCC(F)(F)C(CC(=O)O)C1c1ccc(C(F)(F)F)cc1. The monoisotopic (exact) mass is 517 g/mol. The second-order valence-corrected chi connectivity index (χ2v) is 17.3. The van der Waals surface area contributed by atoms with Gasteiger partial charge in [0.15, 0.2) is 0 Å². The Morgan fingerprint density at radius 3 is 2.20 bits per heavy atom. The fourth-order valence-corrected chi connectivity index (χ4v) is 5.49. The molecule has 0 spiro atoms. The van der Waals surface area contributed by atoms with Crippen molar-refractivity contribution in [2.24, 2.45) is 11.3 Å². The summed E-state index contributed by atoms with van der Waals surface area (Å²) in [7, 11) is -1.52. The molecule has 1 heterocycles. The lowest BCUT2D eigenvalue weighted by Gasteiger charge is -2.47. The first-order valence-corrected chi connectivity index (χ1v) is 15.6. The Hall–Kier alpha value is -1.92. The average molecular weight is 518 g/mol. The molecule has 3 nitrogen and oxygen atoms in total. The third-order valence-corrected chi connectivity index (χ3v) is 7.93. The second kappa shape index (κ2) is 10.6. The van der Waals surface area contributed by atoms with Gasteiger partial charge in [-0.1, -0.05) is 49.7 Å². The van der Waals surface area contributed by atoms with Crippen molar-refractivity contribution in [3.05, 3.63) is 35.4 Å². The molecule has 1 aromatic carbocycles. The predicted molar refractivity (Wildman–Crippen MR) is 130 cm³/mol. The first-order chi connectivity index (χ1) is 15.8. The molecule has 1 aliphatic rings. The quantitative estimate of drug-likeness (QED) is 0.234. The Morgan fingerprint density at radius 1 is 1.17 bits per heavy atom. The lowest BCUT2D eigenvalue weighted by atomic mass is 9.78. The molecule has 3 atom stereocenters. The average Bonchev–Trinajstić information content (AvgIpc) is 2.67. The molecule has 1 N–H and O–H groups in total. The van der Waals surface area contributed by atoms with Gasteiger partial charge in [-0.25, -0.2) is 8.78 Å². The second-order valence-electron chi connectivity index (χ2n) is 11.7. The fraction of sp³-hybridized carbons (Fsp3) is 0.654. The Kier molecular flexibility index (Phi) is 8.87. The van der Waals surface area contributed by atoms with E-state index in [1.807, 2.05) is 25.7 Å². The molecule has 35 heavy (non-hydrogen) atoms. The number of halogens is 5. The molecule has 196 valence electrons. The van der Waals surface area contributed by atoms with Crippen molar-refractivity contribution in [3.63, 3.8) is 0 Å². The van der Waals surface area contributed by atoms with E-state index in [4.69, 9.17) is 0 Å². The molecule has 0 bridgehead atoms. The predicted octanol–water partition coefficient (Wildman–Crippen LogP) is 7.32. The van der Waals surface area contributed by atoms with Crippen LogP contribution in [-0.2, 0) is 11.0 Å². The maximum Gasteiger partial charge on any atom is 0.416 e. The number of carboxylic acid groups (broad SMARTS) is 1. The molecule has 1 fully saturated rings. The number of carbonyl (C=O) groups is 1. The zero-order valence-corrected chi connectivity index (χ0v) is 22.3. The lowest BCUT2D eigenvalue weighted by molar-refractivity contribution is -0.160. The van der Waals surface area contributed by atoms with Crippen LogP contribution in [0.1, 0.15) is 57.2 Å². The minimum Gasteiger partial charge on any atom is -0.481 e. The zero-order chi connectivity index (χ0) is 26.8. The van der Waals surface area contributed by atoms with Crippen molar-refractivity contribution in [1.29, 1.82) is 0 Å². The maximum absolute atomic E-state index is 15.1. The smallest absolute Gasteiger partial charge is 0.416 e. The van der Waals surface area contributed by atoms with Gasteiger partial charge in [-0.3, -0.25) is 9.69 Å². The van der Waals surface area contributed by atoms with E-state index in [2.05, 4.69) is 31.5 Å². The lowest BCUT2D eigenvalue weighted by Crippen LogP contribution is -2.53. The van der Waals surface area contributed by atoms with Gasteiger partial charge in [-0.05, 0) is 44.9 Å². The number of alkyl halides is 5. The van der Waals surface area contributed by atoms with E-state index in [1.54, 1.807) is 0 Å². The summed E-state index contributed by atoms with van der Waals surface area (Å²) in [6.45, 7) is 12.4. The highest BCUT2D eigenvalue weighted by Gasteiger charge is 2.52. The van der Waals surface area contributed by atoms with Crippen LogP contribution in [0, 0.1) is 23.2 Å². The largest absolute Gasteiger partial charge is 0.481 e. The third-order valence-electron chi connectivity index (χ3n) is 6.14. The van der Waals surface area contributed by atoms with Crippen molar-refractivity contribution in [2.75, 3.05) is 6.54 Å². The van der Waals surface area contributed by atoms with E-state index in [9.17, 15) is 23.1 Å². The zero-order valence-electron chi connectivity index (χ0n) is 21.3. The summed E-state index contributed by atoms with van der Waals surface area (Å²) in [5.41, 5.74) is -0.964. The summed E-state index contributed by atoms with van der Waals surface area (Å²) in [4.78, 5) is 13.4. The molecule has 1 aromatic rings. The fourth-order valence-electron chi connectivity index (χ4n) is 4.35. The van der Waals surface area contributed by atoms with E-state index in [1.165, 1.54) is 12.1 Å². The van der Waals surface area contributed by atoms with Crippen LogP contribution in [-0.4, -0.2) is 42.6 Å². The van der Waals surface area contributed by atoms with Gasteiger partial charge in [-0.15, -0.1) is 0 Å². The number of rotatable bonds is 7. The molecule has 0 saturated carbocycles. The Balaban J connectivity index is 2.62. The van der Waals surface area contributed by atoms with Crippen LogP contribution in [0.5, 0.6) is 0 Å². The molecule has 0 radical (unpaired) electrons. The summed E-state index contributed by atoms with van der Waals surface area (Å²) < 4.78 is 69.7. The third kappa shape index (κ3) is 8.60. The highest BCUT2D eigenvalue weighted by atomic mass is 28.3. The number of hydrogen-bond acceptors (Lipinski definition) is 2. The number of nitrogens with zero attached hydrogens (tertiary/aromatic N) is 1. The van der Waals surface area contributed by atoms with Crippen LogP contribution >= 0.6 is 0 Å². The molecule has 1 saturated heterocycles. The van der Waals surface area contributed by atoms with Gasteiger partial charge in [0.05, 0.1) is 23.9 Å². The van der Waals surface area contributed by atoms with Gasteiger partial charge in [0.1, 0.15) is 0 Å². The van der Waals surface area contributed by atoms with Crippen molar-refractivity contribution in [1.82, 2.24) is 4.90 Å². The first-order valence-electron chi connectivity index (χ1n) is 11.9. The number of aliphatic carboxylic acids is 1. The Morgan fingerprint density at radius 2 is 1.74 bits per heavy atom. The highest BCUT2D eigenvalue weighted by Crippen LogP contribution is 2.48. The van der Waals surface area contributed by atoms with Crippen LogP contribution in [0.3, 0.4) is 0 Å². The highest BCUT2D eigenvalue weighted by molar-refractivity contribution is 6.76. The molecule has 0 aromatic heterocycles. The summed E-state index contributed by atoms with van der Waals surface area (Å²) in [6.07, 6.45) is -5.25. The van der Waals surface area contributed by atoms with Gasteiger partial charge < -0.3 is 5.11 Å². The van der Waals surface area contributed by atoms with Gasteiger partial charge in [0, 0.05) is 32.5 Å². The van der Waals surface area contributed by atoms with Crippen molar-refractivity contribution in [2.45, 2.75) is 89.9 Å². The van der Waals surface area contributed by atoms with Gasteiger partial charge in [0.2, 0.25) is 0 Å². The van der Waals surface area contributed by atoms with E-state index in [0.717, 1.165) is 18.2 Å². The molecule has 0 aliphatic carbocycles. The normalized spacial score (nSPS) is 22.3.